The lowest BCUT2D eigenvalue weighted by molar-refractivity contribution is -0.147. The van der Waals surface area contributed by atoms with Gasteiger partial charge in [0, 0.05) is 11.3 Å². The number of hydrogen-bond donors (Lipinski definition) is 0. The predicted octanol–water partition coefficient (Wildman–Crippen LogP) is 2.40. The molecule has 2 aliphatic rings. The highest BCUT2D eigenvalue weighted by molar-refractivity contribution is 5.13. The van der Waals surface area contributed by atoms with Crippen molar-refractivity contribution < 1.29 is 14.2 Å². The van der Waals surface area contributed by atoms with Gasteiger partial charge in [0.2, 0.25) is 0 Å². The minimum Gasteiger partial charge on any atom is -0.373 e. The van der Waals surface area contributed by atoms with Gasteiger partial charge < -0.3 is 14.2 Å². The monoisotopic (exact) mass is 261 g/mol. The Morgan fingerprint density at radius 1 is 1.37 bits per heavy atom. The zero-order valence-corrected chi connectivity index (χ0v) is 10.4. The van der Waals surface area contributed by atoms with E-state index in [-0.39, 0.29) is 12.2 Å². The maximum atomic E-state index is 8.64. The summed E-state index contributed by atoms with van der Waals surface area (Å²) in [6.07, 6.45) is 0.140. The van der Waals surface area contributed by atoms with Gasteiger partial charge in [-0.3, -0.25) is 0 Å². The summed E-state index contributed by atoms with van der Waals surface area (Å²) >= 11 is 0. The molecule has 2 fully saturated rings. The van der Waals surface area contributed by atoms with Crippen LogP contribution in [0.4, 0.5) is 0 Å². The molecule has 0 spiro atoms. The van der Waals surface area contributed by atoms with E-state index in [4.69, 9.17) is 19.7 Å². The summed E-state index contributed by atoms with van der Waals surface area (Å²) in [6.45, 7) is 1.05. The third-order valence-electron chi connectivity index (χ3n) is 3.42. The molecule has 0 N–H and O–H groups in total. The third kappa shape index (κ3) is 2.72. The molecule has 2 aliphatic heterocycles. The molecule has 100 valence electrons. The van der Waals surface area contributed by atoms with E-state index in [1.165, 1.54) is 0 Å². The first-order valence-electron chi connectivity index (χ1n) is 6.33. The summed E-state index contributed by atoms with van der Waals surface area (Å²) in [5, 5.41) is 3.76. The van der Waals surface area contributed by atoms with Crippen LogP contribution in [0.3, 0.4) is 0 Å². The van der Waals surface area contributed by atoms with Crippen molar-refractivity contribution in [2.45, 2.75) is 37.6 Å². The van der Waals surface area contributed by atoms with Crippen LogP contribution in [0.15, 0.2) is 35.4 Å². The van der Waals surface area contributed by atoms with Crippen molar-refractivity contribution in [3.05, 3.63) is 46.3 Å². The van der Waals surface area contributed by atoms with Crippen molar-refractivity contribution >= 4 is 0 Å². The molecule has 1 aromatic carbocycles. The van der Waals surface area contributed by atoms with Gasteiger partial charge in [0.15, 0.2) is 6.29 Å². The van der Waals surface area contributed by atoms with Crippen LogP contribution in [0.25, 0.3) is 10.4 Å². The van der Waals surface area contributed by atoms with Crippen LogP contribution in [0.2, 0.25) is 0 Å². The van der Waals surface area contributed by atoms with Gasteiger partial charge in [-0.15, -0.1) is 0 Å². The molecule has 6 heteroatoms. The number of benzene rings is 1. The fraction of sp³-hybridized carbons (Fsp3) is 0.538. The highest BCUT2D eigenvalue weighted by atomic mass is 16.7. The Hall–Kier alpha value is -1.59. The van der Waals surface area contributed by atoms with Crippen LogP contribution in [0.5, 0.6) is 0 Å². The van der Waals surface area contributed by atoms with Crippen LogP contribution in [-0.2, 0) is 20.8 Å². The van der Waals surface area contributed by atoms with Gasteiger partial charge in [0.05, 0.1) is 25.4 Å². The minimum atomic E-state index is -0.463. The number of azide groups is 1. The molecule has 0 amide bonds. The van der Waals surface area contributed by atoms with Crippen LogP contribution in [0, 0.1) is 0 Å². The number of hydrogen-bond acceptors (Lipinski definition) is 4. The number of fused-ring (bicyclic) bond motifs is 2. The molecule has 19 heavy (non-hydrogen) atoms. The quantitative estimate of drug-likeness (QED) is 0.474. The Morgan fingerprint density at radius 3 is 3.00 bits per heavy atom. The maximum Gasteiger partial charge on any atom is 0.169 e. The normalized spacial score (nSPS) is 32.8. The summed E-state index contributed by atoms with van der Waals surface area (Å²) in [7, 11) is 0. The maximum absolute atomic E-state index is 8.64. The second kappa shape index (κ2) is 5.59. The van der Waals surface area contributed by atoms with Crippen LogP contribution < -0.4 is 0 Å². The van der Waals surface area contributed by atoms with Crippen molar-refractivity contribution in [2.24, 2.45) is 5.11 Å². The zero-order chi connectivity index (χ0) is 13.1. The first-order chi connectivity index (χ1) is 9.36. The van der Waals surface area contributed by atoms with Crippen molar-refractivity contribution in [2.75, 3.05) is 6.61 Å². The van der Waals surface area contributed by atoms with E-state index in [0.717, 1.165) is 5.56 Å². The van der Waals surface area contributed by atoms with Crippen molar-refractivity contribution in [1.29, 1.82) is 0 Å². The second-order valence-electron chi connectivity index (χ2n) is 4.73. The van der Waals surface area contributed by atoms with E-state index in [9.17, 15) is 0 Å². The van der Waals surface area contributed by atoms with Gasteiger partial charge in [-0.05, 0) is 11.1 Å². The molecular formula is C13H15N3O3. The Bertz CT molecular complexity index is 475. The lowest BCUT2D eigenvalue weighted by atomic mass is 10.0. The fourth-order valence-corrected chi connectivity index (χ4v) is 2.48. The lowest BCUT2D eigenvalue weighted by Gasteiger charge is -2.32. The van der Waals surface area contributed by atoms with Gasteiger partial charge in [0.25, 0.3) is 0 Å². The zero-order valence-electron chi connectivity index (χ0n) is 10.4. The van der Waals surface area contributed by atoms with Crippen LogP contribution in [-0.4, -0.2) is 31.1 Å². The number of rotatable bonds is 4. The lowest BCUT2D eigenvalue weighted by Crippen LogP contribution is -2.44. The summed E-state index contributed by atoms with van der Waals surface area (Å²) in [5.41, 5.74) is 9.74. The van der Waals surface area contributed by atoms with Crippen LogP contribution >= 0.6 is 0 Å². The molecule has 3 rings (SSSR count). The van der Waals surface area contributed by atoms with Crippen molar-refractivity contribution in [3.63, 3.8) is 0 Å². The highest BCUT2D eigenvalue weighted by Crippen LogP contribution is 2.31. The summed E-state index contributed by atoms with van der Waals surface area (Å²) in [6, 6.07) is 9.52. The standard InChI is InChI=1S/C13H15N3O3/c14-16-15-12-11(6-10-8-18-13(12)19-10)17-7-9-4-2-1-3-5-9/h1-5,10-13H,6-8H2/t10?,11-,12?,13-/m0/s1. The van der Waals surface area contributed by atoms with E-state index in [2.05, 4.69) is 10.0 Å². The van der Waals surface area contributed by atoms with Crippen LogP contribution in [0.1, 0.15) is 12.0 Å². The molecule has 0 radical (unpaired) electrons. The van der Waals surface area contributed by atoms with E-state index in [1.807, 2.05) is 30.3 Å². The Labute approximate surface area is 110 Å². The van der Waals surface area contributed by atoms with Crippen molar-refractivity contribution in [1.82, 2.24) is 0 Å². The molecule has 0 aromatic heterocycles. The molecule has 4 atom stereocenters. The number of ether oxygens (including phenoxy) is 3. The Kier molecular flexibility index (Phi) is 3.66. The summed E-state index contributed by atoms with van der Waals surface area (Å²) in [4.78, 5) is 2.87. The Morgan fingerprint density at radius 2 is 2.21 bits per heavy atom. The molecular weight excluding hydrogens is 246 g/mol. The molecule has 0 aliphatic carbocycles. The third-order valence-corrected chi connectivity index (χ3v) is 3.42. The smallest absolute Gasteiger partial charge is 0.169 e. The van der Waals surface area contributed by atoms with Gasteiger partial charge in [0.1, 0.15) is 6.04 Å². The van der Waals surface area contributed by atoms with E-state index in [1.54, 1.807) is 0 Å². The van der Waals surface area contributed by atoms with Crippen molar-refractivity contribution in [3.8, 4) is 0 Å². The first kappa shape index (κ1) is 12.4. The Balaban J connectivity index is 1.66. The SMILES string of the molecule is [N-]=[N+]=NC1[C@H]2OCC(C[C@@H]1OCc1ccccc1)O2. The minimum absolute atomic E-state index is 0.0518. The average molecular weight is 261 g/mol. The van der Waals surface area contributed by atoms with E-state index in [0.29, 0.717) is 19.6 Å². The van der Waals surface area contributed by atoms with Gasteiger partial charge in [-0.25, -0.2) is 0 Å². The van der Waals surface area contributed by atoms with Gasteiger partial charge in [-0.1, -0.05) is 35.4 Å². The van der Waals surface area contributed by atoms with Gasteiger partial charge >= 0.3 is 0 Å². The predicted molar refractivity (Wildman–Crippen MR) is 67.2 cm³/mol. The molecule has 2 heterocycles. The second-order valence-corrected chi connectivity index (χ2v) is 4.73. The first-order valence-corrected chi connectivity index (χ1v) is 6.33. The van der Waals surface area contributed by atoms with E-state index < -0.39 is 12.3 Å². The topological polar surface area (TPSA) is 76.5 Å². The largest absolute Gasteiger partial charge is 0.373 e. The molecule has 2 saturated heterocycles. The molecule has 1 aromatic rings. The number of nitrogens with zero attached hydrogens (tertiary/aromatic N) is 3. The van der Waals surface area contributed by atoms with Gasteiger partial charge in [-0.2, -0.15) is 0 Å². The fourth-order valence-electron chi connectivity index (χ4n) is 2.48. The highest BCUT2D eigenvalue weighted by Gasteiger charge is 2.44. The molecule has 2 bridgehead atoms. The molecule has 0 saturated carbocycles. The molecule has 2 unspecified atom stereocenters. The van der Waals surface area contributed by atoms with E-state index >= 15 is 0 Å². The average Bonchev–Trinajstić information content (AvgIpc) is 2.84. The summed E-state index contributed by atoms with van der Waals surface area (Å²) in [5.74, 6) is 0. The molecule has 6 nitrogen and oxygen atoms in total. The summed E-state index contributed by atoms with van der Waals surface area (Å²) < 4.78 is 16.9.